The number of carbonyl (C=O) groups excluding carboxylic acids is 4. The minimum absolute atomic E-state index is 0.0648. The van der Waals surface area contributed by atoms with Gasteiger partial charge in [-0.05, 0) is 103 Å². The fraction of sp³-hybridized carbons (Fsp3) is 0.385. The Bertz CT molecular complexity index is 2080. The second-order valence-corrected chi connectivity index (χ2v) is 14.6. The number of aryl methyl sites for hydroxylation is 3. The summed E-state index contributed by atoms with van der Waals surface area (Å²) in [6.07, 6.45) is 11.3. The molecule has 1 saturated carbocycles. The SMILES string of the molecule is C=CCCCC(=O)NC[C@@]12C[C@@H](C(=O)Nc3nc(Br)ccc3C)N(C(=O)Cn3nc(C(C)=O)c4cc(-c5cnc(C)nc5)cc(CCC=C)c43)[C@@H]1C2. The highest BCUT2D eigenvalue weighted by Crippen LogP contribution is 2.59. The molecule has 1 aromatic carbocycles. The van der Waals surface area contributed by atoms with Gasteiger partial charge in [-0.25, -0.2) is 15.0 Å². The van der Waals surface area contributed by atoms with Crippen LogP contribution in [-0.4, -0.2) is 71.8 Å². The molecule has 6 rings (SSSR count). The number of halogens is 1. The average molecular weight is 768 g/mol. The molecule has 3 atom stereocenters. The lowest BCUT2D eigenvalue weighted by Crippen LogP contribution is -2.47. The lowest BCUT2D eigenvalue weighted by molar-refractivity contribution is -0.138. The lowest BCUT2D eigenvalue weighted by atomic mass is 9.97. The van der Waals surface area contributed by atoms with Crippen LogP contribution >= 0.6 is 15.9 Å². The zero-order valence-corrected chi connectivity index (χ0v) is 31.3. The molecule has 4 heterocycles. The Kier molecular flexibility index (Phi) is 10.8. The van der Waals surface area contributed by atoms with Crippen LogP contribution in [0.15, 0.2) is 66.6 Å². The maximum absolute atomic E-state index is 14.5. The standard InChI is InChI=1S/C39H43BrN8O4/c1-6-8-10-12-33(50)43-22-39-17-30(38(52)45-37-23(3)13-14-32(40)44-37)48(31(39)18-39)34(51)21-47-36-26(11-9-7-2)15-27(28-19-41-25(5)42-20-28)16-29(36)35(46-47)24(4)49/h6-7,13-16,19-20,30-31H,1-2,8-12,17-18,21-22H2,3-5H3,(H,43,50)(H,44,45,52)/t30-,31+,39-/m0/s1. The molecular formula is C39H43BrN8O4. The number of piperidine rings is 1. The zero-order chi connectivity index (χ0) is 37.2. The Morgan fingerprint density at radius 2 is 1.79 bits per heavy atom. The third-order valence-electron chi connectivity index (χ3n) is 10.0. The number of fused-ring (bicyclic) bond motifs is 2. The van der Waals surface area contributed by atoms with Crippen molar-refractivity contribution in [2.45, 2.75) is 84.3 Å². The van der Waals surface area contributed by atoms with E-state index in [1.165, 1.54) is 6.92 Å². The first-order valence-electron chi connectivity index (χ1n) is 17.5. The van der Waals surface area contributed by atoms with Crippen LogP contribution in [0.3, 0.4) is 0 Å². The molecule has 0 spiro atoms. The number of unbranched alkanes of at least 4 members (excludes halogenated alkanes) is 1. The van der Waals surface area contributed by atoms with Gasteiger partial charge in [-0.3, -0.25) is 23.9 Å². The van der Waals surface area contributed by atoms with Gasteiger partial charge in [0, 0.05) is 54.7 Å². The highest BCUT2D eigenvalue weighted by molar-refractivity contribution is 9.10. The van der Waals surface area contributed by atoms with Gasteiger partial charge in [-0.1, -0.05) is 18.2 Å². The molecule has 4 aromatic rings. The molecule has 1 aliphatic heterocycles. The Balaban J connectivity index is 1.34. The van der Waals surface area contributed by atoms with E-state index in [2.05, 4.69) is 54.7 Å². The van der Waals surface area contributed by atoms with Gasteiger partial charge in [0.1, 0.15) is 34.5 Å². The van der Waals surface area contributed by atoms with Crippen LogP contribution in [-0.2, 0) is 27.3 Å². The molecule has 2 aliphatic rings. The average Bonchev–Trinajstić information content (AvgIpc) is 3.53. The van der Waals surface area contributed by atoms with Crippen LogP contribution in [0, 0.1) is 19.3 Å². The van der Waals surface area contributed by atoms with Gasteiger partial charge in [0.05, 0.1) is 5.52 Å². The van der Waals surface area contributed by atoms with Crippen molar-refractivity contribution >= 4 is 56.2 Å². The monoisotopic (exact) mass is 766 g/mol. The summed E-state index contributed by atoms with van der Waals surface area (Å²) in [5.74, 6) is 0.106. The number of allylic oxidation sites excluding steroid dienone is 2. The number of nitrogens with one attached hydrogen (secondary N) is 2. The second kappa shape index (κ2) is 15.3. The van der Waals surface area contributed by atoms with Crippen LogP contribution in [0.5, 0.6) is 0 Å². The minimum Gasteiger partial charge on any atom is -0.355 e. The first kappa shape index (κ1) is 36.7. The Labute approximate surface area is 311 Å². The van der Waals surface area contributed by atoms with Crippen molar-refractivity contribution in [3.8, 4) is 11.1 Å². The summed E-state index contributed by atoms with van der Waals surface area (Å²) in [4.78, 5) is 69.0. The number of aromatic nitrogens is 5. The highest BCUT2D eigenvalue weighted by Gasteiger charge is 2.67. The summed E-state index contributed by atoms with van der Waals surface area (Å²) in [5, 5.41) is 11.3. The smallest absolute Gasteiger partial charge is 0.248 e. The van der Waals surface area contributed by atoms with E-state index in [0.717, 1.165) is 28.7 Å². The number of hydrogen-bond acceptors (Lipinski definition) is 8. The number of carbonyl (C=O) groups is 4. The summed E-state index contributed by atoms with van der Waals surface area (Å²) in [6.45, 7) is 12.9. The van der Waals surface area contributed by atoms with E-state index in [4.69, 9.17) is 5.10 Å². The molecule has 3 amide bonds. The summed E-state index contributed by atoms with van der Waals surface area (Å²) < 4.78 is 2.17. The quantitative estimate of drug-likeness (QED) is 0.0642. The molecule has 270 valence electrons. The molecule has 0 radical (unpaired) electrons. The van der Waals surface area contributed by atoms with Gasteiger partial charge < -0.3 is 15.5 Å². The molecular weight excluding hydrogens is 724 g/mol. The summed E-state index contributed by atoms with van der Waals surface area (Å²) in [6, 6.07) is 6.52. The number of amides is 3. The van der Waals surface area contributed by atoms with E-state index >= 15 is 0 Å². The molecule has 52 heavy (non-hydrogen) atoms. The summed E-state index contributed by atoms with van der Waals surface area (Å²) in [5.41, 5.74) is 3.81. The van der Waals surface area contributed by atoms with Gasteiger partial charge in [0.15, 0.2) is 5.78 Å². The van der Waals surface area contributed by atoms with Crippen molar-refractivity contribution in [1.82, 2.24) is 34.9 Å². The van der Waals surface area contributed by atoms with Crippen LogP contribution in [0.2, 0.25) is 0 Å². The maximum atomic E-state index is 14.5. The Morgan fingerprint density at radius 3 is 2.50 bits per heavy atom. The number of likely N-dealkylation sites (tertiary alicyclic amines) is 1. The van der Waals surface area contributed by atoms with Crippen LogP contribution in [0.1, 0.15) is 72.9 Å². The molecule has 12 nitrogen and oxygen atoms in total. The molecule has 13 heteroatoms. The van der Waals surface area contributed by atoms with Crippen LogP contribution in [0.4, 0.5) is 5.82 Å². The first-order chi connectivity index (χ1) is 24.9. The first-order valence-corrected chi connectivity index (χ1v) is 18.3. The van der Waals surface area contributed by atoms with Gasteiger partial charge in [0.25, 0.3) is 0 Å². The number of benzene rings is 1. The number of nitrogens with zero attached hydrogens (tertiary/aromatic N) is 6. The van der Waals surface area contributed by atoms with Crippen molar-refractivity contribution in [2.24, 2.45) is 5.41 Å². The molecule has 1 aliphatic carbocycles. The number of Topliss-reactive ketones (excluding diaryl/α,β-unsaturated/α-hetero) is 1. The Hall–Kier alpha value is -5.04. The predicted octanol–water partition coefficient (Wildman–Crippen LogP) is 6.06. The van der Waals surface area contributed by atoms with Crippen molar-refractivity contribution < 1.29 is 19.2 Å². The molecule has 0 bridgehead atoms. The number of rotatable bonds is 15. The molecule has 2 fully saturated rings. The molecule has 1 saturated heterocycles. The third-order valence-corrected chi connectivity index (χ3v) is 10.5. The number of anilines is 1. The molecule has 3 aromatic heterocycles. The maximum Gasteiger partial charge on any atom is 0.248 e. The van der Waals surface area contributed by atoms with E-state index in [1.54, 1.807) is 34.1 Å². The molecule has 2 N–H and O–H groups in total. The van der Waals surface area contributed by atoms with Gasteiger partial charge >= 0.3 is 0 Å². The number of ketones is 1. The van der Waals surface area contributed by atoms with E-state index < -0.39 is 11.5 Å². The Morgan fingerprint density at radius 1 is 1.04 bits per heavy atom. The summed E-state index contributed by atoms with van der Waals surface area (Å²) in [7, 11) is 0. The van der Waals surface area contributed by atoms with E-state index in [-0.39, 0.29) is 41.8 Å². The topological polar surface area (TPSA) is 152 Å². The second-order valence-electron chi connectivity index (χ2n) is 13.8. The zero-order valence-electron chi connectivity index (χ0n) is 29.7. The van der Waals surface area contributed by atoms with Gasteiger partial charge in [0.2, 0.25) is 17.7 Å². The van der Waals surface area contributed by atoms with Crippen molar-refractivity contribution in [3.05, 3.63) is 89.2 Å². The van der Waals surface area contributed by atoms with Crippen molar-refractivity contribution in [1.29, 1.82) is 0 Å². The normalized spacial score (nSPS) is 18.9. The largest absolute Gasteiger partial charge is 0.355 e. The van der Waals surface area contributed by atoms with Gasteiger partial charge in [-0.2, -0.15) is 5.10 Å². The van der Waals surface area contributed by atoms with Crippen molar-refractivity contribution in [3.63, 3.8) is 0 Å². The number of pyridine rings is 1. The lowest BCUT2D eigenvalue weighted by Gasteiger charge is -2.27. The van der Waals surface area contributed by atoms with Gasteiger partial charge in [-0.15, -0.1) is 13.2 Å². The van der Waals surface area contributed by atoms with E-state index in [1.807, 2.05) is 38.1 Å². The highest BCUT2D eigenvalue weighted by atomic mass is 79.9. The van der Waals surface area contributed by atoms with Crippen LogP contribution < -0.4 is 10.6 Å². The van der Waals surface area contributed by atoms with E-state index in [0.29, 0.717) is 72.2 Å². The van der Waals surface area contributed by atoms with Crippen LogP contribution in [0.25, 0.3) is 22.0 Å². The third kappa shape index (κ3) is 7.59. The van der Waals surface area contributed by atoms with Crippen molar-refractivity contribution in [2.75, 3.05) is 11.9 Å². The minimum atomic E-state index is -0.799. The fourth-order valence-corrected chi connectivity index (χ4v) is 7.52. The number of hydrogen-bond donors (Lipinski definition) is 2. The summed E-state index contributed by atoms with van der Waals surface area (Å²) >= 11 is 3.38. The predicted molar refractivity (Wildman–Crippen MR) is 202 cm³/mol. The van der Waals surface area contributed by atoms with E-state index in [9.17, 15) is 19.2 Å². The fourth-order valence-electron chi connectivity index (χ4n) is 7.21. The molecule has 0 unspecified atom stereocenters.